The molecule has 0 aliphatic heterocycles. The standard InChI is InChI=1S/C12H26N2O4S/c1-9(2)7-13-19(17,18)14-8-10(11(15)16)6-12(3,4)5/h9-10,13-14H,6-8H2,1-5H3,(H,15,16). The molecule has 0 aromatic rings. The first kappa shape index (κ1) is 18.3. The van der Waals surface area contributed by atoms with Crippen LogP contribution in [-0.4, -0.2) is 32.6 Å². The second kappa shape index (κ2) is 7.21. The third-order valence-corrected chi connectivity index (χ3v) is 3.50. The molecule has 19 heavy (non-hydrogen) atoms. The lowest BCUT2D eigenvalue weighted by Crippen LogP contribution is -2.42. The Morgan fingerprint density at radius 2 is 1.63 bits per heavy atom. The lowest BCUT2D eigenvalue weighted by molar-refractivity contribution is -0.142. The van der Waals surface area contributed by atoms with Gasteiger partial charge in [0.1, 0.15) is 0 Å². The number of carboxylic acids is 1. The molecular weight excluding hydrogens is 268 g/mol. The molecule has 7 heteroatoms. The smallest absolute Gasteiger partial charge is 0.307 e. The van der Waals surface area contributed by atoms with E-state index in [1.165, 1.54) is 0 Å². The van der Waals surface area contributed by atoms with E-state index in [0.29, 0.717) is 13.0 Å². The fourth-order valence-corrected chi connectivity index (χ4v) is 2.60. The van der Waals surface area contributed by atoms with Crippen molar-refractivity contribution < 1.29 is 18.3 Å². The molecule has 1 unspecified atom stereocenters. The molecule has 0 aromatic heterocycles. The molecule has 3 N–H and O–H groups in total. The molecule has 0 bridgehead atoms. The monoisotopic (exact) mass is 294 g/mol. The van der Waals surface area contributed by atoms with Gasteiger partial charge < -0.3 is 5.11 Å². The molecule has 1 atom stereocenters. The Kier molecular flexibility index (Phi) is 6.96. The molecule has 0 aromatic carbocycles. The highest BCUT2D eigenvalue weighted by atomic mass is 32.2. The molecule has 0 saturated heterocycles. The molecule has 0 aliphatic carbocycles. The van der Waals surface area contributed by atoms with Gasteiger partial charge in [0.25, 0.3) is 10.2 Å². The van der Waals surface area contributed by atoms with Gasteiger partial charge in [0.2, 0.25) is 0 Å². The summed E-state index contributed by atoms with van der Waals surface area (Å²) in [5.41, 5.74) is -0.167. The normalized spacial score (nSPS) is 14.6. The third kappa shape index (κ3) is 9.86. The van der Waals surface area contributed by atoms with Gasteiger partial charge in [0.15, 0.2) is 0 Å². The molecule has 0 saturated carbocycles. The van der Waals surface area contributed by atoms with Crippen LogP contribution >= 0.6 is 0 Å². The predicted molar refractivity (Wildman–Crippen MR) is 75.0 cm³/mol. The van der Waals surface area contributed by atoms with Crippen LogP contribution in [0.1, 0.15) is 41.0 Å². The summed E-state index contributed by atoms with van der Waals surface area (Å²) < 4.78 is 27.9. The Bertz CT molecular complexity index is 385. The molecule has 0 spiro atoms. The molecule has 0 aliphatic rings. The maximum absolute atomic E-state index is 11.6. The SMILES string of the molecule is CC(C)CNS(=O)(=O)NCC(CC(C)(C)C)C(=O)O. The number of hydrogen-bond acceptors (Lipinski definition) is 3. The van der Waals surface area contributed by atoms with Gasteiger partial charge in [0, 0.05) is 13.1 Å². The average molecular weight is 294 g/mol. The lowest BCUT2D eigenvalue weighted by atomic mass is 9.85. The van der Waals surface area contributed by atoms with Crippen molar-refractivity contribution in [3.63, 3.8) is 0 Å². The van der Waals surface area contributed by atoms with Crippen LogP contribution < -0.4 is 9.44 Å². The predicted octanol–water partition coefficient (Wildman–Crippen LogP) is 1.20. The van der Waals surface area contributed by atoms with Gasteiger partial charge in [0.05, 0.1) is 5.92 Å². The van der Waals surface area contributed by atoms with Crippen LogP contribution in [0.25, 0.3) is 0 Å². The molecule has 0 fully saturated rings. The number of hydrogen-bond donors (Lipinski definition) is 3. The van der Waals surface area contributed by atoms with Gasteiger partial charge in [-0.3, -0.25) is 4.79 Å². The minimum atomic E-state index is -3.62. The third-order valence-electron chi connectivity index (χ3n) is 2.41. The fraction of sp³-hybridized carbons (Fsp3) is 0.917. The maximum atomic E-state index is 11.6. The van der Waals surface area contributed by atoms with E-state index >= 15 is 0 Å². The lowest BCUT2D eigenvalue weighted by Gasteiger charge is -2.23. The minimum Gasteiger partial charge on any atom is -0.481 e. The second-order valence-electron chi connectivity index (χ2n) is 6.39. The van der Waals surface area contributed by atoms with Crippen LogP contribution in [0.5, 0.6) is 0 Å². The number of nitrogens with one attached hydrogen (secondary N) is 2. The Balaban J connectivity index is 4.44. The van der Waals surface area contributed by atoms with Crippen molar-refractivity contribution >= 4 is 16.2 Å². The number of carboxylic acid groups (broad SMARTS) is 1. The van der Waals surface area contributed by atoms with Crippen LogP contribution in [0, 0.1) is 17.3 Å². The van der Waals surface area contributed by atoms with Gasteiger partial charge >= 0.3 is 5.97 Å². The van der Waals surface area contributed by atoms with E-state index < -0.39 is 22.1 Å². The van der Waals surface area contributed by atoms with Crippen LogP contribution in [-0.2, 0) is 15.0 Å². The van der Waals surface area contributed by atoms with Gasteiger partial charge in [-0.2, -0.15) is 8.42 Å². The van der Waals surface area contributed by atoms with Gasteiger partial charge in [-0.25, -0.2) is 9.44 Å². The van der Waals surface area contributed by atoms with Gasteiger partial charge in [-0.15, -0.1) is 0 Å². The molecule has 0 radical (unpaired) electrons. The summed E-state index contributed by atoms with van der Waals surface area (Å²) in [6, 6.07) is 0. The summed E-state index contributed by atoms with van der Waals surface area (Å²) in [6.45, 7) is 9.79. The van der Waals surface area contributed by atoms with E-state index in [1.807, 2.05) is 34.6 Å². The van der Waals surface area contributed by atoms with Crippen molar-refractivity contribution in [2.24, 2.45) is 17.3 Å². The molecule has 0 rings (SSSR count). The van der Waals surface area contributed by atoms with Crippen molar-refractivity contribution in [3.05, 3.63) is 0 Å². The zero-order valence-electron chi connectivity index (χ0n) is 12.4. The van der Waals surface area contributed by atoms with Crippen LogP contribution in [0.4, 0.5) is 0 Å². The number of rotatable bonds is 8. The van der Waals surface area contributed by atoms with E-state index in [1.54, 1.807) is 0 Å². The maximum Gasteiger partial charge on any atom is 0.307 e. The number of carbonyl (C=O) groups is 1. The topological polar surface area (TPSA) is 95.5 Å². The zero-order chi connectivity index (χ0) is 15.3. The molecule has 114 valence electrons. The van der Waals surface area contributed by atoms with E-state index in [0.717, 1.165) is 0 Å². The summed E-state index contributed by atoms with van der Waals surface area (Å²) in [7, 11) is -3.62. The summed E-state index contributed by atoms with van der Waals surface area (Å²) in [4.78, 5) is 11.1. The highest BCUT2D eigenvalue weighted by Crippen LogP contribution is 2.24. The molecule has 0 amide bonds. The Hall–Kier alpha value is -0.660. The minimum absolute atomic E-state index is 0.0972. The summed E-state index contributed by atoms with van der Waals surface area (Å²) in [6.07, 6.45) is 0.412. The van der Waals surface area contributed by atoms with Crippen molar-refractivity contribution in [1.29, 1.82) is 0 Å². The first-order valence-corrected chi connectivity index (χ1v) is 7.88. The fourth-order valence-electron chi connectivity index (χ4n) is 1.52. The Labute approximate surface area is 116 Å². The van der Waals surface area contributed by atoms with Crippen molar-refractivity contribution in [1.82, 2.24) is 9.44 Å². The number of aliphatic carboxylic acids is 1. The van der Waals surface area contributed by atoms with Gasteiger partial charge in [-0.1, -0.05) is 34.6 Å². The van der Waals surface area contributed by atoms with Crippen molar-refractivity contribution in [2.75, 3.05) is 13.1 Å². The molecule has 0 heterocycles. The average Bonchev–Trinajstić information content (AvgIpc) is 2.20. The highest BCUT2D eigenvalue weighted by molar-refractivity contribution is 7.87. The zero-order valence-corrected chi connectivity index (χ0v) is 13.2. The van der Waals surface area contributed by atoms with Gasteiger partial charge in [-0.05, 0) is 17.8 Å². The second-order valence-corrected chi connectivity index (χ2v) is 7.98. The van der Waals surface area contributed by atoms with Crippen LogP contribution in [0.2, 0.25) is 0 Å². The quantitative estimate of drug-likeness (QED) is 0.627. The molecular formula is C12H26N2O4S. The first-order chi connectivity index (χ1) is 8.43. The van der Waals surface area contributed by atoms with E-state index in [-0.39, 0.29) is 17.9 Å². The van der Waals surface area contributed by atoms with Crippen LogP contribution in [0.3, 0.4) is 0 Å². The Morgan fingerprint density at radius 3 is 2.00 bits per heavy atom. The van der Waals surface area contributed by atoms with E-state index in [9.17, 15) is 13.2 Å². The van der Waals surface area contributed by atoms with Crippen molar-refractivity contribution in [3.8, 4) is 0 Å². The highest BCUT2D eigenvalue weighted by Gasteiger charge is 2.26. The summed E-state index contributed by atoms with van der Waals surface area (Å²) in [5.74, 6) is -1.52. The Morgan fingerprint density at radius 1 is 1.16 bits per heavy atom. The van der Waals surface area contributed by atoms with Crippen molar-refractivity contribution in [2.45, 2.75) is 41.0 Å². The largest absolute Gasteiger partial charge is 0.481 e. The van der Waals surface area contributed by atoms with E-state index in [2.05, 4.69) is 9.44 Å². The summed E-state index contributed by atoms with van der Waals surface area (Å²) in [5, 5.41) is 9.10. The van der Waals surface area contributed by atoms with E-state index in [4.69, 9.17) is 5.11 Å². The first-order valence-electron chi connectivity index (χ1n) is 6.40. The summed E-state index contributed by atoms with van der Waals surface area (Å²) >= 11 is 0. The van der Waals surface area contributed by atoms with Crippen LogP contribution in [0.15, 0.2) is 0 Å². The molecule has 6 nitrogen and oxygen atoms in total.